The van der Waals surface area contributed by atoms with Gasteiger partial charge >= 0.3 is 0 Å². The minimum Gasteiger partial charge on any atom is -0.198 e. The fourth-order valence-electron chi connectivity index (χ4n) is 3.23. The molecular weight excluding hydrogens is 158 g/mol. The van der Waals surface area contributed by atoms with Crippen molar-refractivity contribution in [1.29, 1.82) is 5.26 Å². The van der Waals surface area contributed by atoms with Gasteiger partial charge in [0.15, 0.2) is 0 Å². The number of nitrogens with zero attached hydrogens (tertiary/aromatic N) is 1. The maximum Gasteiger partial charge on any atom is 0.0621 e. The minimum absolute atomic E-state index is 0.495. The minimum atomic E-state index is 0.495. The predicted octanol–water partition coefficient (Wildman–Crippen LogP) is 3.28. The first-order chi connectivity index (χ1) is 6.30. The van der Waals surface area contributed by atoms with E-state index in [4.69, 9.17) is 5.26 Å². The molecular formula is C12H17N. The van der Waals surface area contributed by atoms with Crippen molar-refractivity contribution in [1.82, 2.24) is 0 Å². The Morgan fingerprint density at radius 3 is 2.85 bits per heavy atom. The van der Waals surface area contributed by atoms with Crippen LogP contribution in [0, 0.1) is 28.6 Å². The standard InChI is InChI=1S/C12H17N/c1-2-12(6-3-7-13)9-10-4-5-11(12)8-10/h4-5,10-11H,2-3,6,8-9H2,1H3. The van der Waals surface area contributed by atoms with Crippen LogP contribution in [-0.4, -0.2) is 0 Å². The van der Waals surface area contributed by atoms with E-state index >= 15 is 0 Å². The van der Waals surface area contributed by atoms with Crippen molar-refractivity contribution in [2.45, 2.75) is 39.0 Å². The fraction of sp³-hybridized carbons (Fsp3) is 0.750. The summed E-state index contributed by atoms with van der Waals surface area (Å²) in [5.41, 5.74) is 0.495. The molecule has 13 heavy (non-hydrogen) atoms. The highest BCUT2D eigenvalue weighted by Gasteiger charge is 2.46. The Bertz CT molecular complexity index is 261. The zero-order valence-electron chi connectivity index (χ0n) is 8.29. The number of hydrogen-bond acceptors (Lipinski definition) is 1. The molecule has 1 fully saturated rings. The molecule has 0 aromatic heterocycles. The maximum atomic E-state index is 8.64. The third-order valence-corrected chi connectivity index (χ3v) is 4.07. The molecule has 0 aromatic carbocycles. The van der Waals surface area contributed by atoms with Crippen molar-refractivity contribution < 1.29 is 0 Å². The second-order valence-corrected chi connectivity index (χ2v) is 4.57. The topological polar surface area (TPSA) is 23.8 Å². The largest absolute Gasteiger partial charge is 0.198 e. The number of fused-ring (bicyclic) bond motifs is 2. The van der Waals surface area contributed by atoms with Crippen LogP contribution >= 0.6 is 0 Å². The van der Waals surface area contributed by atoms with Crippen LogP contribution in [0.25, 0.3) is 0 Å². The van der Waals surface area contributed by atoms with E-state index in [1.54, 1.807) is 0 Å². The maximum absolute atomic E-state index is 8.64. The zero-order chi connectivity index (χ0) is 9.31. The van der Waals surface area contributed by atoms with E-state index < -0.39 is 0 Å². The summed E-state index contributed by atoms with van der Waals surface area (Å²) < 4.78 is 0. The van der Waals surface area contributed by atoms with Crippen LogP contribution in [0.1, 0.15) is 39.0 Å². The molecule has 1 heteroatoms. The molecule has 0 spiro atoms. The number of allylic oxidation sites excluding steroid dienone is 2. The van der Waals surface area contributed by atoms with Gasteiger partial charge in [0.2, 0.25) is 0 Å². The smallest absolute Gasteiger partial charge is 0.0621 e. The molecule has 2 aliphatic rings. The van der Waals surface area contributed by atoms with Crippen molar-refractivity contribution in [2.24, 2.45) is 17.3 Å². The van der Waals surface area contributed by atoms with Gasteiger partial charge in [0.05, 0.1) is 6.07 Å². The normalized spacial score (nSPS) is 40.9. The van der Waals surface area contributed by atoms with Crippen molar-refractivity contribution in [3.8, 4) is 6.07 Å². The Hall–Kier alpha value is -0.770. The quantitative estimate of drug-likeness (QED) is 0.604. The Balaban J connectivity index is 2.09. The molecule has 0 radical (unpaired) electrons. The van der Waals surface area contributed by atoms with E-state index in [1.165, 1.54) is 19.3 Å². The monoisotopic (exact) mass is 175 g/mol. The van der Waals surface area contributed by atoms with Gasteiger partial charge in [-0.3, -0.25) is 0 Å². The molecule has 0 aliphatic heterocycles. The van der Waals surface area contributed by atoms with E-state index in [1.807, 2.05) is 0 Å². The van der Waals surface area contributed by atoms with Crippen LogP contribution in [0.15, 0.2) is 12.2 Å². The van der Waals surface area contributed by atoms with Crippen molar-refractivity contribution in [3.05, 3.63) is 12.2 Å². The van der Waals surface area contributed by atoms with Crippen molar-refractivity contribution in [3.63, 3.8) is 0 Å². The highest BCUT2D eigenvalue weighted by Crippen LogP contribution is 2.56. The molecule has 0 aromatic rings. The molecule has 3 unspecified atom stereocenters. The summed E-state index contributed by atoms with van der Waals surface area (Å²) in [6, 6.07) is 2.29. The Morgan fingerprint density at radius 1 is 1.54 bits per heavy atom. The van der Waals surface area contributed by atoms with E-state index in [9.17, 15) is 0 Å². The molecule has 2 bridgehead atoms. The molecule has 2 rings (SSSR count). The first-order valence-electron chi connectivity index (χ1n) is 5.36. The van der Waals surface area contributed by atoms with E-state index in [2.05, 4.69) is 25.1 Å². The summed E-state index contributed by atoms with van der Waals surface area (Å²) in [4.78, 5) is 0. The molecule has 1 nitrogen and oxygen atoms in total. The lowest BCUT2D eigenvalue weighted by Gasteiger charge is -2.34. The van der Waals surface area contributed by atoms with Gasteiger partial charge in [-0.05, 0) is 42.9 Å². The lowest BCUT2D eigenvalue weighted by atomic mass is 9.71. The first-order valence-corrected chi connectivity index (χ1v) is 5.36. The Labute approximate surface area is 80.4 Å². The van der Waals surface area contributed by atoms with Gasteiger partial charge < -0.3 is 0 Å². The van der Waals surface area contributed by atoms with E-state index in [0.29, 0.717) is 5.41 Å². The fourth-order valence-corrected chi connectivity index (χ4v) is 3.23. The number of hydrogen-bond donors (Lipinski definition) is 0. The van der Waals surface area contributed by atoms with E-state index in [0.717, 1.165) is 24.7 Å². The summed E-state index contributed by atoms with van der Waals surface area (Å²) in [5.74, 6) is 1.62. The summed E-state index contributed by atoms with van der Waals surface area (Å²) >= 11 is 0. The van der Waals surface area contributed by atoms with Crippen molar-refractivity contribution >= 4 is 0 Å². The SMILES string of the molecule is CCC1(CCC#N)CC2C=CC1C2. The van der Waals surface area contributed by atoms with Gasteiger partial charge in [0.25, 0.3) is 0 Å². The van der Waals surface area contributed by atoms with Crippen LogP contribution < -0.4 is 0 Å². The van der Waals surface area contributed by atoms with Crippen LogP contribution in [-0.2, 0) is 0 Å². The zero-order valence-corrected chi connectivity index (χ0v) is 8.29. The van der Waals surface area contributed by atoms with Crippen molar-refractivity contribution in [2.75, 3.05) is 0 Å². The third-order valence-electron chi connectivity index (χ3n) is 4.07. The first kappa shape index (κ1) is 8.81. The Kier molecular flexibility index (Phi) is 2.15. The molecule has 2 aliphatic carbocycles. The van der Waals surface area contributed by atoms with Gasteiger partial charge in [-0.2, -0.15) is 5.26 Å². The highest BCUT2D eigenvalue weighted by atomic mass is 14.5. The van der Waals surface area contributed by atoms with Crippen LogP contribution in [0.3, 0.4) is 0 Å². The lowest BCUT2D eigenvalue weighted by Crippen LogP contribution is -2.24. The molecule has 0 amide bonds. The third kappa shape index (κ3) is 1.29. The second kappa shape index (κ2) is 3.18. The summed E-state index contributed by atoms with van der Waals surface area (Å²) in [6.07, 6.45) is 10.6. The number of rotatable bonds is 3. The second-order valence-electron chi connectivity index (χ2n) is 4.57. The average molecular weight is 175 g/mol. The van der Waals surface area contributed by atoms with Gasteiger partial charge in [0.1, 0.15) is 0 Å². The average Bonchev–Trinajstić information content (AvgIpc) is 2.74. The predicted molar refractivity (Wildman–Crippen MR) is 52.9 cm³/mol. The van der Waals surface area contributed by atoms with Crippen LogP contribution in [0.2, 0.25) is 0 Å². The molecule has 0 heterocycles. The molecule has 0 N–H and O–H groups in total. The lowest BCUT2D eigenvalue weighted by molar-refractivity contribution is 0.201. The highest BCUT2D eigenvalue weighted by molar-refractivity contribution is 5.15. The number of nitriles is 1. The van der Waals surface area contributed by atoms with Crippen LogP contribution in [0.4, 0.5) is 0 Å². The molecule has 3 atom stereocenters. The Morgan fingerprint density at radius 2 is 2.38 bits per heavy atom. The molecule has 0 saturated heterocycles. The summed E-state index contributed by atoms with van der Waals surface area (Å²) in [6.45, 7) is 2.28. The van der Waals surface area contributed by atoms with Gasteiger partial charge in [0, 0.05) is 6.42 Å². The summed E-state index contributed by atoms with van der Waals surface area (Å²) in [7, 11) is 0. The van der Waals surface area contributed by atoms with Gasteiger partial charge in [-0.1, -0.05) is 19.1 Å². The van der Waals surface area contributed by atoms with Crippen LogP contribution in [0.5, 0.6) is 0 Å². The molecule has 1 saturated carbocycles. The summed E-state index contributed by atoms with van der Waals surface area (Å²) in [5, 5.41) is 8.64. The van der Waals surface area contributed by atoms with E-state index in [-0.39, 0.29) is 0 Å². The van der Waals surface area contributed by atoms with Gasteiger partial charge in [-0.25, -0.2) is 0 Å². The molecule has 70 valence electrons. The van der Waals surface area contributed by atoms with Gasteiger partial charge in [-0.15, -0.1) is 0 Å².